The molecule has 0 unspecified atom stereocenters. The van der Waals surface area contributed by atoms with E-state index < -0.39 is 0 Å². The molecule has 3 heterocycles. The molecule has 1 N–H and O–H groups in total. The largest absolute Gasteiger partial charge is 0.489 e. The summed E-state index contributed by atoms with van der Waals surface area (Å²) in [6.45, 7) is 2.31. The zero-order valence-corrected chi connectivity index (χ0v) is 16.2. The molecule has 1 saturated heterocycles. The number of benzene rings is 2. The summed E-state index contributed by atoms with van der Waals surface area (Å²) in [5.74, 6) is 0.762. The Hall–Kier alpha value is -2.70. The van der Waals surface area contributed by atoms with Crippen molar-refractivity contribution < 1.29 is 9.53 Å². The lowest BCUT2D eigenvalue weighted by molar-refractivity contribution is 0.102. The number of anilines is 1. The Balaban J connectivity index is 1.56. The quantitative estimate of drug-likeness (QED) is 0.607. The number of hydrogen-bond donors (Lipinski definition) is 1. The van der Waals surface area contributed by atoms with Gasteiger partial charge in [0.25, 0.3) is 5.91 Å². The maximum Gasteiger partial charge on any atom is 0.257 e. The Morgan fingerprint density at radius 2 is 2.11 bits per heavy atom. The maximum atomic E-state index is 12.7. The summed E-state index contributed by atoms with van der Waals surface area (Å²) in [5, 5.41) is 5.68. The van der Waals surface area contributed by atoms with Crippen molar-refractivity contribution in [3.8, 4) is 5.75 Å². The van der Waals surface area contributed by atoms with Crippen LogP contribution in [0, 0.1) is 0 Å². The van der Waals surface area contributed by atoms with Gasteiger partial charge in [0.05, 0.1) is 11.7 Å². The van der Waals surface area contributed by atoms with Crippen LogP contribution in [0.2, 0.25) is 0 Å². The van der Waals surface area contributed by atoms with Gasteiger partial charge >= 0.3 is 0 Å². The number of hydrogen-bond acceptors (Lipinski definition) is 5. The molecule has 1 fully saturated rings. The smallest absolute Gasteiger partial charge is 0.257 e. The first kappa shape index (κ1) is 17.4. The molecule has 3 aromatic rings. The minimum atomic E-state index is -0.138. The maximum absolute atomic E-state index is 12.7. The molecule has 28 heavy (non-hydrogen) atoms. The number of fused-ring (bicyclic) bond motifs is 7. The van der Waals surface area contributed by atoms with E-state index in [9.17, 15) is 4.79 Å². The monoisotopic (exact) mass is 391 g/mol. The number of aromatic nitrogens is 1. The predicted octanol–water partition coefficient (Wildman–Crippen LogP) is 4.62. The summed E-state index contributed by atoms with van der Waals surface area (Å²) < 4.78 is 6.14. The van der Waals surface area contributed by atoms with E-state index in [-0.39, 0.29) is 11.9 Å². The standard InChI is InChI=1S/C22H21N3O2S/c26-21-16-7-3-5-15(11-16)13-27-20-9-2-1-6-17(20)12-25-10-4-8-19(25)18-14-28-22(23-18)24-21/h1-3,5-7,9,11,14,19H,4,8,10,12-13H2,(H,23,24,26)/t19-/m0/s1. The third-order valence-corrected chi connectivity index (χ3v) is 6.15. The molecule has 2 aliphatic rings. The highest BCUT2D eigenvalue weighted by Gasteiger charge is 2.29. The van der Waals surface area contributed by atoms with E-state index in [0.717, 1.165) is 42.9 Å². The first-order valence-electron chi connectivity index (χ1n) is 9.57. The second kappa shape index (κ2) is 7.37. The summed E-state index contributed by atoms with van der Waals surface area (Å²) >= 11 is 1.49. The number of nitrogens with one attached hydrogen (secondary N) is 1. The average molecular weight is 391 g/mol. The van der Waals surface area contributed by atoms with Gasteiger partial charge < -0.3 is 4.74 Å². The molecule has 1 amide bonds. The summed E-state index contributed by atoms with van der Waals surface area (Å²) in [7, 11) is 0. The van der Waals surface area contributed by atoms with Crippen LogP contribution in [-0.4, -0.2) is 22.3 Å². The lowest BCUT2D eigenvalue weighted by Crippen LogP contribution is -2.23. The van der Waals surface area contributed by atoms with Gasteiger partial charge in [-0.3, -0.25) is 15.0 Å². The van der Waals surface area contributed by atoms with Crippen LogP contribution >= 0.6 is 11.3 Å². The molecule has 2 aromatic carbocycles. The summed E-state index contributed by atoms with van der Waals surface area (Å²) in [6.07, 6.45) is 2.23. The van der Waals surface area contributed by atoms with Crippen molar-refractivity contribution in [1.82, 2.24) is 9.88 Å². The van der Waals surface area contributed by atoms with E-state index in [0.29, 0.717) is 17.3 Å². The number of para-hydroxylation sites is 1. The lowest BCUT2D eigenvalue weighted by atomic mass is 10.1. The van der Waals surface area contributed by atoms with Crippen LogP contribution < -0.4 is 10.1 Å². The Kier molecular flexibility index (Phi) is 4.58. The number of nitrogens with zero attached hydrogens (tertiary/aromatic N) is 2. The van der Waals surface area contributed by atoms with Gasteiger partial charge in [-0.15, -0.1) is 11.3 Å². The van der Waals surface area contributed by atoms with Gasteiger partial charge in [0.15, 0.2) is 5.13 Å². The van der Waals surface area contributed by atoms with Gasteiger partial charge in [-0.1, -0.05) is 30.3 Å². The molecule has 142 valence electrons. The molecule has 0 spiro atoms. The molecule has 5 rings (SSSR count). The molecule has 2 aliphatic heterocycles. The zero-order valence-electron chi connectivity index (χ0n) is 15.4. The predicted molar refractivity (Wildman–Crippen MR) is 110 cm³/mol. The van der Waals surface area contributed by atoms with Crippen molar-refractivity contribution in [2.24, 2.45) is 0 Å². The lowest BCUT2D eigenvalue weighted by Gasteiger charge is -2.24. The molecular weight excluding hydrogens is 370 g/mol. The normalized spacial score (nSPS) is 19.6. The molecule has 0 aliphatic carbocycles. The Morgan fingerprint density at radius 1 is 1.18 bits per heavy atom. The first-order chi connectivity index (χ1) is 13.8. The molecule has 1 aromatic heterocycles. The van der Waals surface area contributed by atoms with Gasteiger partial charge in [-0.2, -0.15) is 0 Å². The van der Waals surface area contributed by atoms with Crippen molar-refractivity contribution in [1.29, 1.82) is 0 Å². The number of carbonyl (C=O) groups excluding carboxylic acids is 1. The van der Waals surface area contributed by atoms with Crippen LogP contribution in [0.1, 0.15) is 46.1 Å². The fraction of sp³-hybridized carbons (Fsp3) is 0.273. The van der Waals surface area contributed by atoms with Crippen molar-refractivity contribution in [3.05, 3.63) is 76.3 Å². The summed E-state index contributed by atoms with van der Waals surface area (Å²) in [5.41, 5.74) is 3.81. The minimum Gasteiger partial charge on any atom is -0.489 e. The number of carbonyl (C=O) groups is 1. The number of amides is 1. The van der Waals surface area contributed by atoms with Crippen molar-refractivity contribution in [3.63, 3.8) is 0 Å². The average Bonchev–Trinajstić information content (AvgIpc) is 3.36. The number of rotatable bonds is 0. The zero-order chi connectivity index (χ0) is 18.9. The second-order valence-corrected chi connectivity index (χ2v) is 8.12. The van der Waals surface area contributed by atoms with Crippen LogP contribution in [0.5, 0.6) is 5.75 Å². The first-order valence-corrected chi connectivity index (χ1v) is 10.4. The van der Waals surface area contributed by atoms with E-state index in [4.69, 9.17) is 9.72 Å². The summed E-state index contributed by atoms with van der Waals surface area (Å²) in [6, 6.07) is 16.1. The van der Waals surface area contributed by atoms with Crippen molar-refractivity contribution >= 4 is 22.4 Å². The van der Waals surface area contributed by atoms with Crippen LogP contribution in [-0.2, 0) is 13.2 Å². The third kappa shape index (κ3) is 3.41. The third-order valence-electron chi connectivity index (χ3n) is 5.38. The van der Waals surface area contributed by atoms with Crippen molar-refractivity contribution in [2.45, 2.75) is 32.0 Å². The molecule has 6 heteroatoms. The fourth-order valence-electron chi connectivity index (χ4n) is 3.97. The van der Waals surface area contributed by atoms with E-state index in [1.807, 2.05) is 36.4 Å². The molecule has 0 radical (unpaired) electrons. The van der Waals surface area contributed by atoms with E-state index in [1.54, 1.807) is 0 Å². The van der Waals surface area contributed by atoms with Gasteiger partial charge in [0.2, 0.25) is 0 Å². The second-order valence-electron chi connectivity index (χ2n) is 7.26. The van der Waals surface area contributed by atoms with E-state index >= 15 is 0 Å². The minimum absolute atomic E-state index is 0.138. The van der Waals surface area contributed by atoms with Crippen molar-refractivity contribution in [2.75, 3.05) is 11.9 Å². The molecular formula is C22H21N3O2S. The molecule has 4 bridgehead atoms. The molecule has 0 saturated carbocycles. The Labute approximate surface area is 168 Å². The Morgan fingerprint density at radius 3 is 3.07 bits per heavy atom. The fourth-order valence-corrected chi connectivity index (χ4v) is 4.73. The highest BCUT2D eigenvalue weighted by atomic mass is 32.1. The van der Waals surface area contributed by atoms with Gasteiger partial charge in [0.1, 0.15) is 12.4 Å². The topological polar surface area (TPSA) is 54.5 Å². The Bertz CT molecular complexity index is 1020. The molecule has 5 nitrogen and oxygen atoms in total. The number of thiazole rings is 1. The van der Waals surface area contributed by atoms with Gasteiger partial charge in [-0.25, -0.2) is 4.98 Å². The van der Waals surface area contributed by atoms with Gasteiger partial charge in [0, 0.05) is 23.1 Å². The number of ether oxygens (including phenoxy) is 1. The highest BCUT2D eigenvalue weighted by molar-refractivity contribution is 7.14. The van der Waals surface area contributed by atoms with Crippen LogP contribution in [0.15, 0.2) is 53.9 Å². The molecule has 1 atom stereocenters. The van der Waals surface area contributed by atoms with Crippen LogP contribution in [0.3, 0.4) is 0 Å². The van der Waals surface area contributed by atoms with E-state index in [2.05, 4.69) is 27.7 Å². The van der Waals surface area contributed by atoms with Crippen LogP contribution in [0.25, 0.3) is 0 Å². The highest BCUT2D eigenvalue weighted by Crippen LogP contribution is 2.36. The van der Waals surface area contributed by atoms with Gasteiger partial charge in [-0.05, 0) is 43.1 Å². The van der Waals surface area contributed by atoms with E-state index in [1.165, 1.54) is 16.9 Å². The summed E-state index contributed by atoms with van der Waals surface area (Å²) in [4.78, 5) is 19.8. The SMILES string of the molecule is O=C1Nc2nc(cs2)[C@@H]2CCCN2Cc2ccccc2OCc2cccc1c2. The van der Waals surface area contributed by atoms with Crippen LogP contribution in [0.4, 0.5) is 5.13 Å².